The topological polar surface area (TPSA) is 383 Å². The molecule has 0 aromatic carbocycles. The second-order valence-corrected chi connectivity index (χ2v) is 6.25. The van der Waals surface area contributed by atoms with Crippen LogP contribution in [0.5, 0.6) is 0 Å². The molecule has 208 valence electrons. The van der Waals surface area contributed by atoms with Gasteiger partial charge in [-0.15, -0.1) is 0 Å². The van der Waals surface area contributed by atoms with Crippen LogP contribution in [0.2, 0.25) is 0 Å². The van der Waals surface area contributed by atoms with Crippen LogP contribution in [-0.4, -0.2) is 111 Å². The molecule has 2 aliphatic heterocycles. The van der Waals surface area contributed by atoms with Crippen LogP contribution in [0.25, 0.3) is 0 Å². The number of amidine groups is 2. The molecule has 30 nitrogen and oxygen atoms in total. The van der Waals surface area contributed by atoms with Gasteiger partial charge in [0.15, 0.2) is 33.5 Å². The molecule has 0 spiro atoms. The third kappa shape index (κ3) is 6.88. The molecule has 0 aliphatic carbocycles. The second kappa shape index (κ2) is 11.9. The van der Waals surface area contributed by atoms with E-state index in [1.807, 2.05) is 0 Å². The van der Waals surface area contributed by atoms with Gasteiger partial charge in [-0.3, -0.25) is 40.5 Å². The number of nitro groups is 8. The van der Waals surface area contributed by atoms with E-state index in [-0.39, 0.29) is 20.0 Å². The summed E-state index contributed by atoms with van der Waals surface area (Å²) in [6.45, 7) is -3.50. The van der Waals surface area contributed by atoms with Gasteiger partial charge in [0.1, 0.15) is 19.7 Å². The smallest absolute Gasteiger partial charge is 0.258 e. The first-order chi connectivity index (χ1) is 17.5. The largest absolute Gasteiger partial charge is 0.512 e. The average molecular weight is 558 g/mol. The van der Waals surface area contributed by atoms with E-state index >= 15 is 0 Å². The van der Waals surface area contributed by atoms with Gasteiger partial charge in [0.25, 0.3) is 0 Å². The number of hydrogen-bond acceptors (Lipinski definition) is 18. The highest BCUT2D eigenvalue weighted by molar-refractivity contribution is 5.84. The lowest BCUT2D eigenvalue weighted by molar-refractivity contribution is -0.736. The van der Waals surface area contributed by atoms with Gasteiger partial charge in [0.05, 0.1) is 0 Å². The molecule has 0 saturated carbocycles. The van der Waals surface area contributed by atoms with Gasteiger partial charge in [0, 0.05) is 0 Å². The third-order valence-electron chi connectivity index (χ3n) is 4.03. The summed E-state index contributed by atoms with van der Waals surface area (Å²) in [5, 5.41) is 80.0. The van der Waals surface area contributed by atoms with Gasteiger partial charge in [-0.05, 0) is 10.0 Å². The first kappa shape index (κ1) is 29.8. The minimum absolute atomic E-state index is 0.109. The lowest BCUT2D eigenvalue weighted by atomic mass is 10.4. The Bertz CT molecular complexity index is 1010. The van der Waals surface area contributed by atoms with Gasteiger partial charge in [-0.1, -0.05) is 10.0 Å². The summed E-state index contributed by atoms with van der Waals surface area (Å²) in [6.07, 6.45) is -5.31. The molecule has 0 bridgehead atoms. The quantitative estimate of drug-likeness (QED) is 0.142. The SMILES string of the molecule is O=[N+]([O-])C(C1=NCN([N+](=O)[O-])CN1[N+](=O)[O-])[N+](=O)[O-].O=[N+]([O-])C(C1=NCN([N+](=O)[O-])CN1[N+](=O)[O-])[N+](=O)[O-]. The van der Waals surface area contributed by atoms with Gasteiger partial charge in [0.2, 0.25) is 13.3 Å². The molecule has 38 heavy (non-hydrogen) atoms. The van der Waals surface area contributed by atoms with Crippen molar-refractivity contribution < 1.29 is 39.8 Å². The lowest BCUT2D eigenvalue weighted by Crippen LogP contribution is -2.57. The summed E-state index contributed by atoms with van der Waals surface area (Å²) >= 11 is 0. The summed E-state index contributed by atoms with van der Waals surface area (Å²) < 4.78 is 0. The molecule has 30 heteroatoms. The fourth-order valence-electron chi connectivity index (χ4n) is 2.45. The van der Waals surface area contributed by atoms with E-state index in [1.54, 1.807) is 0 Å². The Kier molecular flexibility index (Phi) is 9.35. The van der Waals surface area contributed by atoms with E-state index in [2.05, 4.69) is 9.98 Å². The predicted molar refractivity (Wildman–Crippen MR) is 105 cm³/mol. The second-order valence-electron chi connectivity index (χ2n) is 6.25. The number of hydrogen-bond donors (Lipinski definition) is 0. The van der Waals surface area contributed by atoms with E-state index in [9.17, 15) is 80.9 Å². The maximum Gasteiger partial charge on any atom is 0.512 e. The number of aliphatic imine (C=N–C) groups is 2. The monoisotopic (exact) mass is 558 g/mol. The van der Waals surface area contributed by atoms with Gasteiger partial charge < -0.3 is 0 Å². The molecule has 0 fully saturated rings. The van der Waals surface area contributed by atoms with Crippen molar-refractivity contribution in [3.63, 3.8) is 0 Å². The molecule has 0 radical (unpaired) electrons. The van der Waals surface area contributed by atoms with Gasteiger partial charge >= 0.3 is 24.0 Å². The minimum atomic E-state index is -2.65. The zero-order valence-corrected chi connectivity index (χ0v) is 17.8. The normalized spacial score (nSPS) is 15.1. The highest BCUT2D eigenvalue weighted by Crippen LogP contribution is 2.11. The molecule has 0 N–H and O–H groups in total. The highest BCUT2D eigenvalue weighted by atomic mass is 16.7. The fraction of sp³-hybridized carbons (Fsp3) is 0.750. The van der Waals surface area contributed by atoms with E-state index in [1.165, 1.54) is 0 Å². The van der Waals surface area contributed by atoms with E-state index in [0.717, 1.165) is 0 Å². The number of nitrogens with zero attached hydrogens (tertiary/aromatic N) is 14. The Morgan fingerprint density at radius 3 is 0.947 bits per heavy atom. The predicted octanol–water partition coefficient (Wildman–Crippen LogP) is -3.64. The summed E-state index contributed by atoms with van der Waals surface area (Å²) in [5.74, 6) is -2.14. The van der Waals surface area contributed by atoms with E-state index in [4.69, 9.17) is 0 Å². The van der Waals surface area contributed by atoms with Crippen LogP contribution in [0.15, 0.2) is 9.98 Å². The summed E-state index contributed by atoms with van der Waals surface area (Å²) in [4.78, 5) is 85.0. The molecule has 0 atom stereocenters. The molecule has 0 amide bonds. The molecule has 0 unspecified atom stereocenters. The summed E-state index contributed by atoms with van der Waals surface area (Å²) in [5.41, 5.74) is 0. The van der Waals surface area contributed by atoms with Crippen LogP contribution < -0.4 is 0 Å². The standard InChI is InChI=1S/2C4H5N7O8/c2*12-8(13)4(9(14)15)3-5-1-6(10(16)17)2-7(3)11(18)19/h2*4H,1-2H2. The van der Waals surface area contributed by atoms with Crippen molar-refractivity contribution >= 4 is 11.7 Å². The van der Waals surface area contributed by atoms with Crippen LogP contribution in [-0.2, 0) is 0 Å². The molecule has 2 aliphatic rings. The first-order valence-corrected chi connectivity index (χ1v) is 8.76. The van der Waals surface area contributed by atoms with Crippen molar-refractivity contribution in [3.05, 3.63) is 80.9 Å². The van der Waals surface area contributed by atoms with Crippen molar-refractivity contribution in [2.24, 2.45) is 9.98 Å². The van der Waals surface area contributed by atoms with Gasteiger partial charge in [-0.25, -0.2) is 50.4 Å². The molecule has 2 heterocycles. The highest BCUT2D eigenvalue weighted by Gasteiger charge is 2.52. The number of rotatable bonds is 10. The Labute approximate surface area is 202 Å². The van der Waals surface area contributed by atoms with Crippen molar-refractivity contribution in [2.75, 3.05) is 26.7 Å². The molecular formula is C8H10N14O16. The van der Waals surface area contributed by atoms with E-state index < -0.39 is 90.5 Å². The van der Waals surface area contributed by atoms with Crippen molar-refractivity contribution in [1.82, 2.24) is 20.0 Å². The van der Waals surface area contributed by atoms with Crippen LogP contribution in [0.4, 0.5) is 0 Å². The maximum atomic E-state index is 10.6. The fourth-order valence-corrected chi connectivity index (χ4v) is 2.45. The zero-order chi connectivity index (χ0) is 29.5. The summed E-state index contributed by atoms with van der Waals surface area (Å²) in [6, 6.07) is 0. The Hall–Kier alpha value is -6.26. The molecule has 0 aromatic heterocycles. The van der Waals surface area contributed by atoms with Crippen molar-refractivity contribution in [1.29, 1.82) is 0 Å². The molecule has 0 saturated heterocycles. The molecule has 2 rings (SSSR count). The lowest BCUT2D eigenvalue weighted by Gasteiger charge is -2.22. The van der Waals surface area contributed by atoms with Crippen LogP contribution in [0.1, 0.15) is 0 Å². The van der Waals surface area contributed by atoms with E-state index in [0.29, 0.717) is 0 Å². The third-order valence-corrected chi connectivity index (χ3v) is 4.03. The Balaban J connectivity index is 0.000000380. The van der Waals surface area contributed by atoms with Crippen LogP contribution in [0.3, 0.4) is 0 Å². The average Bonchev–Trinajstić information content (AvgIpc) is 2.78. The zero-order valence-electron chi connectivity index (χ0n) is 17.8. The Morgan fingerprint density at radius 1 is 0.500 bits per heavy atom. The molecular weight excluding hydrogens is 548 g/mol. The van der Waals surface area contributed by atoms with Crippen LogP contribution in [0, 0.1) is 80.9 Å². The Morgan fingerprint density at radius 2 is 0.763 bits per heavy atom. The maximum absolute atomic E-state index is 10.6. The molecule has 0 aromatic rings. The van der Waals surface area contributed by atoms with Gasteiger partial charge in [-0.2, -0.15) is 0 Å². The first-order valence-electron chi connectivity index (χ1n) is 8.76. The number of hydrazine groups is 4. The van der Waals surface area contributed by atoms with Crippen LogP contribution >= 0.6 is 0 Å². The van der Waals surface area contributed by atoms with Crippen molar-refractivity contribution in [2.45, 2.75) is 12.3 Å². The minimum Gasteiger partial charge on any atom is -0.258 e. The summed E-state index contributed by atoms with van der Waals surface area (Å²) in [7, 11) is 0. The van der Waals surface area contributed by atoms with Crippen molar-refractivity contribution in [3.8, 4) is 0 Å².